The second-order valence-electron chi connectivity index (χ2n) is 1.44. The van der Waals surface area contributed by atoms with Crippen LogP contribution in [-0.2, 0) is 0 Å². The van der Waals surface area contributed by atoms with Crippen molar-refractivity contribution in [1.29, 1.82) is 0 Å². The van der Waals surface area contributed by atoms with Crippen molar-refractivity contribution in [3.05, 3.63) is 6.20 Å². The van der Waals surface area contributed by atoms with Gasteiger partial charge < -0.3 is 0 Å². The summed E-state index contributed by atoms with van der Waals surface area (Å²) in [5.74, 6) is 1.07. The fraction of sp³-hybridized carbons (Fsp3) is 0.400. The lowest BCUT2D eigenvalue weighted by Crippen LogP contribution is -1.93. The Bertz CT molecular complexity index is 151. The lowest BCUT2D eigenvalue weighted by molar-refractivity contribution is 1.53. The van der Waals surface area contributed by atoms with Crippen LogP contribution >= 0.6 is 11.4 Å². The van der Waals surface area contributed by atoms with Gasteiger partial charge in [-0.2, -0.15) is 11.4 Å². The van der Waals surface area contributed by atoms with Crippen LogP contribution in [0.25, 0.3) is 0 Å². The predicted molar refractivity (Wildman–Crippen MR) is 36.5 cm³/mol. The van der Waals surface area contributed by atoms with E-state index >= 15 is 0 Å². The standard InChI is InChI=1S/C5H7NS/c1-5-4-7-3-2-6-5/h2,7H,4H2,1H3. The van der Waals surface area contributed by atoms with E-state index in [0.29, 0.717) is 0 Å². The van der Waals surface area contributed by atoms with E-state index in [0.717, 1.165) is 5.75 Å². The molecule has 0 radical (unpaired) electrons. The second-order valence-corrected chi connectivity index (χ2v) is 2.33. The molecule has 0 bridgehead atoms. The van der Waals surface area contributed by atoms with Crippen LogP contribution in [0.1, 0.15) is 6.92 Å². The monoisotopic (exact) mass is 113 g/mol. The molecule has 0 aromatic heterocycles. The molecule has 38 valence electrons. The summed E-state index contributed by atoms with van der Waals surface area (Å²) in [5, 5.41) is 2.97. The van der Waals surface area contributed by atoms with Crippen LogP contribution < -0.4 is 0 Å². The van der Waals surface area contributed by atoms with Gasteiger partial charge in [0, 0.05) is 11.5 Å². The van der Waals surface area contributed by atoms with Crippen molar-refractivity contribution in [3.8, 4) is 0 Å². The van der Waals surface area contributed by atoms with Crippen LogP contribution in [-0.4, -0.2) is 16.5 Å². The van der Waals surface area contributed by atoms with E-state index in [1.165, 1.54) is 17.1 Å². The summed E-state index contributed by atoms with van der Waals surface area (Å²) in [6.45, 7) is 2.03. The predicted octanol–water partition coefficient (Wildman–Crippen LogP) is 0.841. The molecule has 0 amide bonds. The van der Waals surface area contributed by atoms with Gasteiger partial charge in [-0.3, -0.25) is 4.99 Å². The second kappa shape index (κ2) is 2.10. The van der Waals surface area contributed by atoms with Gasteiger partial charge in [0.25, 0.3) is 0 Å². The van der Waals surface area contributed by atoms with Crippen molar-refractivity contribution < 1.29 is 0 Å². The molecule has 0 fully saturated rings. The fourth-order valence-electron chi connectivity index (χ4n) is 0.381. The molecular weight excluding hydrogens is 106 g/mol. The topological polar surface area (TPSA) is 12.4 Å². The van der Waals surface area contributed by atoms with Crippen molar-refractivity contribution in [1.82, 2.24) is 0 Å². The molecule has 1 aliphatic rings. The van der Waals surface area contributed by atoms with Crippen molar-refractivity contribution in [3.63, 3.8) is 0 Å². The van der Waals surface area contributed by atoms with E-state index in [-0.39, 0.29) is 0 Å². The SMILES string of the molecule is CC1=NC=C=[SH]C1. The zero-order chi connectivity index (χ0) is 5.11. The van der Waals surface area contributed by atoms with Crippen LogP contribution in [0.3, 0.4) is 0 Å². The third-order valence-electron chi connectivity index (χ3n) is 0.742. The van der Waals surface area contributed by atoms with Gasteiger partial charge in [0.15, 0.2) is 0 Å². The Morgan fingerprint density at radius 3 is 3.14 bits per heavy atom. The van der Waals surface area contributed by atoms with Crippen molar-refractivity contribution in [2.75, 3.05) is 5.75 Å². The molecule has 7 heavy (non-hydrogen) atoms. The van der Waals surface area contributed by atoms with Crippen LogP contribution in [0, 0.1) is 0 Å². The summed E-state index contributed by atoms with van der Waals surface area (Å²) < 4.78 is 0. The largest absolute Gasteiger partial charge is 0.256 e. The van der Waals surface area contributed by atoms with E-state index in [1.54, 1.807) is 6.20 Å². The summed E-state index contributed by atoms with van der Waals surface area (Å²) in [5.41, 5.74) is 1.21. The van der Waals surface area contributed by atoms with E-state index < -0.39 is 0 Å². The number of hydrogen-bond donors (Lipinski definition) is 1. The highest BCUT2D eigenvalue weighted by Gasteiger charge is 1.84. The summed E-state index contributed by atoms with van der Waals surface area (Å²) in [4.78, 5) is 4.00. The lowest BCUT2D eigenvalue weighted by Gasteiger charge is -1.91. The smallest absolute Gasteiger partial charge is 0.0744 e. The zero-order valence-electron chi connectivity index (χ0n) is 4.18. The number of hydrogen-bond acceptors (Lipinski definition) is 1. The molecule has 1 rings (SSSR count). The maximum atomic E-state index is 4.00. The van der Waals surface area contributed by atoms with E-state index in [4.69, 9.17) is 0 Å². The van der Waals surface area contributed by atoms with E-state index in [9.17, 15) is 0 Å². The quantitative estimate of drug-likeness (QED) is 0.353. The Kier molecular flexibility index (Phi) is 1.45. The Labute approximate surface area is 46.7 Å². The van der Waals surface area contributed by atoms with Crippen LogP contribution in [0.15, 0.2) is 11.2 Å². The maximum absolute atomic E-state index is 4.00. The van der Waals surface area contributed by atoms with Crippen molar-refractivity contribution in [2.45, 2.75) is 6.92 Å². The normalized spacial score (nSPS) is 18.1. The molecule has 0 saturated carbocycles. The average Bonchev–Trinajstić information content (AvgIpc) is 1.69. The third-order valence-corrected chi connectivity index (χ3v) is 1.66. The molecule has 2 heteroatoms. The molecule has 0 N–H and O–H groups in total. The van der Waals surface area contributed by atoms with Gasteiger partial charge in [0.1, 0.15) is 0 Å². The first-order valence-electron chi connectivity index (χ1n) is 2.16. The molecule has 0 atom stereocenters. The van der Waals surface area contributed by atoms with E-state index in [1.807, 2.05) is 6.92 Å². The Balaban J connectivity index is 2.77. The average molecular weight is 113 g/mol. The molecule has 1 heterocycles. The molecule has 0 saturated heterocycles. The van der Waals surface area contributed by atoms with Gasteiger partial charge in [-0.25, -0.2) is 0 Å². The minimum Gasteiger partial charge on any atom is -0.256 e. The zero-order valence-corrected chi connectivity index (χ0v) is 5.07. The molecule has 0 aliphatic carbocycles. The lowest BCUT2D eigenvalue weighted by atomic mass is 10.5. The highest BCUT2D eigenvalue weighted by atomic mass is 32.1. The van der Waals surface area contributed by atoms with Crippen LogP contribution in [0.2, 0.25) is 0 Å². The van der Waals surface area contributed by atoms with E-state index in [2.05, 4.69) is 10.0 Å². The first-order valence-corrected chi connectivity index (χ1v) is 3.24. The molecule has 0 unspecified atom stereocenters. The summed E-state index contributed by atoms with van der Waals surface area (Å²) in [6, 6.07) is 0. The molecule has 0 spiro atoms. The number of thiol groups is 1. The highest BCUT2D eigenvalue weighted by molar-refractivity contribution is 7.97. The van der Waals surface area contributed by atoms with Gasteiger partial charge in [-0.05, 0) is 6.92 Å². The minimum atomic E-state index is 1.07. The van der Waals surface area contributed by atoms with Gasteiger partial charge in [0.05, 0.1) is 6.20 Å². The molecule has 1 aliphatic heterocycles. The molecule has 1 nitrogen and oxygen atoms in total. The van der Waals surface area contributed by atoms with Crippen LogP contribution in [0.4, 0.5) is 0 Å². The number of rotatable bonds is 0. The highest BCUT2D eigenvalue weighted by Crippen LogP contribution is 1.91. The Morgan fingerprint density at radius 1 is 2.00 bits per heavy atom. The first-order chi connectivity index (χ1) is 3.39. The molecule has 0 aromatic rings. The van der Waals surface area contributed by atoms with Crippen molar-refractivity contribution in [2.24, 2.45) is 4.99 Å². The number of aliphatic imine (C=N–C) groups is 1. The Morgan fingerprint density at radius 2 is 2.86 bits per heavy atom. The van der Waals surface area contributed by atoms with Gasteiger partial charge in [-0.15, -0.1) is 0 Å². The van der Waals surface area contributed by atoms with Gasteiger partial charge in [0.2, 0.25) is 0 Å². The van der Waals surface area contributed by atoms with Gasteiger partial charge >= 0.3 is 0 Å². The summed E-state index contributed by atoms with van der Waals surface area (Å²) in [7, 11) is 0. The summed E-state index contributed by atoms with van der Waals surface area (Å²) in [6.07, 6.45) is 1.74. The fourth-order valence-corrected chi connectivity index (χ4v) is 0.922. The van der Waals surface area contributed by atoms with Crippen LogP contribution in [0.5, 0.6) is 0 Å². The van der Waals surface area contributed by atoms with Crippen molar-refractivity contribution >= 4 is 22.1 Å². The first kappa shape index (κ1) is 4.82. The minimum absolute atomic E-state index is 1.07. The molecular formula is C5H7NS. The number of nitrogens with zero attached hydrogens (tertiary/aromatic N) is 1. The Hall–Kier alpha value is -0.330. The summed E-state index contributed by atoms with van der Waals surface area (Å²) >= 11 is 1.26. The maximum Gasteiger partial charge on any atom is 0.0744 e. The molecule has 0 aromatic carbocycles. The van der Waals surface area contributed by atoms with Gasteiger partial charge in [-0.1, -0.05) is 5.02 Å². The third kappa shape index (κ3) is 1.30.